The van der Waals surface area contributed by atoms with Crippen LogP contribution in [0.4, 0.5) is 5.82 Å². The average molecular weight is 368 g/mol. The predicted octanol–water partition coefficient (Wildman–Crippen LogP) is 3.23. The van der Waals surface area contributed by atoms with Gasteiger partial charge in [-0.05, 0) is 24.0 Å². The molecule has 2 aromatic rings. The highest BCUT2D eigenvalue weighted by atomic mass is 16.2. The van der Waals surface area contributed by atoms with E-state index in [0.29, 0.717) is 18.3 Å². The molecule has 0 radical (unpaired) electrons. The third-order valence-electron chi connectivity index (χ3n) is 4.68. The van der Waals surface area contributed by atoms with Crippen LogP contribution in [0.15, 0.2) is 30.3 Å². The van der Waals surface area contributed by atoms with Crippen molar-refractivity contribution in [1.29, 1.82) is 0 Å². The molecule has 144 valence electrons. The van der Waals surface area contributed by atoms with Crippen molar-refractivity contribution in [3.63, 3.8) is 0 Å². The topological polar surface area (TPSA) is 76.0 Å². The summed E-state index contributed by atoms with van der Waals surface area (Å²) in [6.45, 7) is 7.63. The predicted molar refractivity (Wildman–Crippen MR) is 106 cm³/mol. The summed E-state index contributed by atoms with van der Waals surface area (Å²) in [7, 11) is 0. The van der Waals surface area contributed by atoms with Crippen molar-refractivity contribution in [2.45, 2.75) is 46.6 Å². The molecule has 1 aromatic heterocycles. The van der Waals surface area contributed by atoms with Crippen LogP contribution in [0.1, 0.15) is 39.2 Å². The van der Waals surface area contributed by atoms with Crippen LogP contribution in [-0.2, 0) is 22.6 Å². The first-order chi connectivity index (χ1) is 13.0. The maximum Gasteiger partial charge on any atom is 0.230 e. The van der Waals surface area contributed by atoms with E-state index in [1.165, 1.54) is 5.56 Å². The highest BCUT2D eigenvalue weighted by molar-refractivity contribution is 5.96. The molecule has 3 rings (SSSR count). The van der Waals surface area contributed by atoms with Gasteiger partial charge in [-0.25, -0.2) is 0 Å². The summed E-state index contributed by atoms with van der Waals surface area (Å²) in [6, 6.07) is 10.4. The Labute approximate surface area is 160 Å². The molecule has 1 saturated heterocycles. The maximum absolute atomic E-state index is 12.4. The Morgan fingerprint density at radius 3 is 2.85 bits per heavy atom. The fraction of sp³-hybridized carbons (Fsp3) is 0.476. The second-order valence-electron chi connectivity index (χ2n) is 7.64. The van der Waals surface area contributed by atoms with E-state index in [2.05, 4.69) is 60.8 Å². The Hall–Kier alpha value is -2.63. The lowest BCUT2D eigenvalue weighted by atomic mass is 10.0. The van der Waals surface area contributed by atoms with Gasteiger partial charge in [-0.1, -0.05) is 45.4 Å². The number of amides is 2. The molecule has 0 bridgehead atoms. The number of hydrogen-bond acceptors (Lipinski definition) is 3. The number of carbonyl (C=O) groups excluding carboxylic acids is 2. The van der Waals surface area contributed by atoms with Crippen molar-refractivity contribution >= 4 is 17.6 Å². The number of rotatable bonds is 7. The zero-order valence-corrected chi connectivity index (χ0v) is 16.3. The van der Waals surface area contributed by atoms with Gasteiger partial charge in [-0.2, -0.15) is 5.10 Å². The molecule has 6 heteroatoms. The minimum Gasteiger partial charge on any atom is -0.355 e. The lowest BCUT2D eigenvalue weighted by Crippen LogP contribution is -2.25. The van der Waals surface area contributed by atoms with E-state index >= 15 is 0 Å². The molecule has 2 amide bonds. The highest BCUT2D eigenvalue weighted by Gasteiger charge is 2.28. The van der Waals surface area contributed by atoms with Gasteiger partial charge in [-0.15, -0.1) is 0 Å². The lowest BCUT2D eigenvalue weighted by molar-refractivity contribution is -0.123. The van der Waals surface area contributed by atoms with Crippen molar-refractivity contribution in [1.82, 2.24) is 15.1 Å². The molecular formula is C21H28N4O2. The van der Waals surface area contributed by atoms with Crippen LogP contribution < -0.4 is 10.6 Å². The van der Waals surface area contributed by atoms with Gasteiger partial charge in [0.2, 0.25) is 11.8 Å². The standard InChI is InChI=1S/C21H28N4O2/c1-4-6-15-7-5-8-16(9-15)18-11-19(24-25(18)13-14(2)3)23-21(27)17-10-20(26)22-12-17/h5,7-9,11,14,17H,4,6,10,12-13H2,1-3H3,(H,22,26)(H,23,24,27). The second kappa shape index (κ2) is 8.37. The smallest absolute Gasteiger partial charge is 0.230 e. The van der Waals surface area contributed by atoms with Crippen LogP contribution in [0.3, 0.4) is 0 Å². The summed E-state index contributed by atoms with van der Waals surface area (Å²) < 4.78 is 1.96. The monoisotopic (exact) mass is 368 g/mol. The number of aryl methyl sites for hydroxylation is 1. The first-order valence-electron chi connectivity index (χ1n) is 9.71. The molecule has 2 N–H and O–H groups in total. The first kappa shape index (κ1) is 19.1. The van der Waals surface area contributed by atoms with Crippen LogP contribution in [-0.4, -0.2) is 28.1 Å². The Bertz CT molecular complexity index is 825. The molecule has 1 unspecified atom stereocenters. The number of hydrogen-bond donors (Lipinski definition) is 2. The van der Waals surface area contributed by atoms with Gasteiger partial charge in [0.1, 0.15) is 0 Å². The van der Waals surface area contributed by atoms with Crippen LogP contribution in [0.5, 0.6) is 0 Å². The zero-order chi connectivity index (χ0) is 19.4. The Balaban J connectivity index is 1.85. The van der Waals surface area contributed by atoms with Gasteiger partial charge in [0.05, 0.1) is 11.6 Å². The Morgan fingerprint density at radius 2 is 2.19 bits per heavy atom. The fourth-order valence-electron chi connectivity index (χ4n) is 3.39. The highest BCUT2D eigenvalue weighted by Crippen LogP contribution is 2.26. The van der Waals surface area contributed by atoms with Crippen molar-refractivity contribution in [2.24, 2.45) is 11.8 Å². The third kappa shape index (κ3) is 4.76. The summed E-state index contributed by atoms with van der Waals surface area (Å²) in [5.41, 5.74) is 3.40. The van der Waals surface area contributed by atoms with Gasteiger partial charge in [0, 0.05) is 31.1 Å². The molecule has 0 saturated carbocycles. The number of carbonyl (C=O) groups is 2. The summed E-state index contributed by atoms with van der Waals surface area (Å²) in [5.74, 6) is 0.408. The molecule has 0 aliphatic carbocycles. The van der Waals surface area contributed by atoms with E-state index in [-0.39, 0.29) is 24.2 Å². The minimum atomic E-state index is -0.330. The van der Waals surface area contributed by atoms with Crippen LogP contribution in [0.25, 0.3) is 11.3 Å². The Kier molecular flexibility index (Phi) is 5.94. The number of benzene rings is 1. The molecule has 1 aromatic carbocycles. The molecule has 1 atom stereocenters. The summed E-state index contributed by atoms with van der Waals surface area (Å²) >= 11 is 0. The minimum absolute atomic E-state index is 0.0751. The number of nitrogens with one attached hydrogen (secondary N) is 2. The molecular weight excluding hydrogens is 340 g/mol. The molecule has 1 fully saturated rings. The van der Waals surface area contributed by atoms with Gasteiger partial charge < -0.3 is 10.6 Å². The van der Waals surface area contributed by atoms with E-state index in [0.717, 1.165) is 30.6 Å². The van der Waals surface area contributed by atoms with Gasteiger partial charge in [0.15, 0.2) is 5.82 Å². The van der Waals surface area contributed by atoms with E-state index in [4.69, 9.17) is 0 Å². The Morgan fingerprint density at radius 1 is 1.37 bits per heavy atom. The average Bonchev–Trinajstić information content (AvgIpc) is 3.21. The normalized spacial score (nSPS) is 16.6. The SMILES string of the molecule is CCCc1cccc(-c2cc(NC(=O)C3CNC(=O)C3)nn2CC(C)C)c1. The number of aromatic nitrogens is 2. The number of nitrogens with zero attached hydrogens (tertiary/aromatic N) is 2. The van der Waals surface area contributed by atoms with Crippen molar-refractivity contribution < 1.29 is 9.59 Å². The summed E-state index contributed by atoms with van der Waals surface area (Å²) in [5, 5.41) is 10.2. The molecule has 0 spiro atoms. The molecule has 1 aliphatic rings. The van der Waals surface area contributed by atoms with Crippen LogP contribution in [0.2, 0.25) is 0 Å². The van der Waals surface area contributed by atoms with Gasteiger partial charge in [0.25, 0.3) is 0 Å². The third-order valence-corrected chi connectivity index (χ3v) is 4.68. The first-order valence-corrected chi connectivity index (χ1v) is 9.71. The summed E-state index contributed by atoms with van der Waals surface area (Å²) in [4.78, 5) is 23.8. The zero-order valence-electron chi connectivity index (χ0n) is 16.3. The molecule has 1 aliphatic heterocycles. The van der Waals surface area contributed by atoms with Crippen LogP contribution >= 0.6 is 0 Å². The van der Waals surface area contributed by atoms with E-state index in [1.54, 1.807) is 0 Å². The maximum atomic E-state index is 12.4. The largest absolute Gasteiger partial charge is 0.355 e. The molecule has 2 heterocycles. The van der Waals surface area contributed by atoms with Crippen molar-refractivity contribution in [3.8, 4) is 11.3 Å². The fourth-order valence-corrected chi connectivity index (χ4v) is 3.39. The van der Waals surface area contributed by atoms with Gasteiger partial charge >= 0.3 is 0 Å². The molecule has 27 heavy (non-hydrogen) atoms. The van der Waals surface area contributed by atoms with E-state index in [1.807, 2.05) is 10.7 Å². The van der Waals surface area contributed by atoms with E-state index < -0.39 is 0 Å². The van der Waals surface area contributed by atoms with Crippen molar-refractivity contribution in [2.75, 3.05) is 11.9 Å². The van der Waals surface area contributed by atoms with Crippen molar-refractivity contribution in [3.05, 3.63) is 35.9 Å². The van der Waals surface area contributed by atoms with Gasteiger partial charge in [-0.3, -0.25) is 14.3 Å². The quantitative estimate of drug-likeness (QED) is 0.788. The van der Waals surface area contributed by atoms with Crippen LogP contribution in [0, 0.1) is 11.8 Å². The molecule has 6 nitrogen and oxygen atoms in total. The summed E-state index contributed by atoms with van der Waals surface area (Å²) in [6.07, 6.45) is 2.38. The number of anilines is 1. The lowest BCUT2D eigenvalue weighted by Gasteiger charge is -2.11. The van der Waals surface area contributed by atoms with E-state index in [9.17, 15) is 9.59 Å². The second-order valence-corrected chi connectivity index (χ2v) is 7.64.